The van der Waals surface area contributed by atoms with E-state index in [0.717, 1.165) is 12.8 Å². The molecule has 1 saturated carbocycles. The third-order valence-electron chi connectivity index (χ3n) is 2.96. The summed E-state index contributed by atoms with van der Waals surface area (Å²) in [6.07, 6.45) is 3.13. The Bertz CT molecular complexity index is 544. The number of rotatable bonds is 5. The standard InChI is InChI=1S/C14H15N3O3/c1-2-20-13(18)9-17(11-4-5-11)14(19)12-6-3-10(7-15)8-16-12/h3,6,8,11H,2,4-5,9H2,1H3. The van der Waals surface area contributed by atoms with Gasteiger partial charge in [0.15, 0.2) is 0 Å². The predicted octanol–water partition coefficient (Wildman–Crippen LogP) is 1.12. The number of hydrogen-bond donors (Lipinski definition) is 0. The molecule has 1 aliphatic rings. The average Bonchev–Trinajstić information content (AvgIpc) is 3.29. The second-order valence-corrected chi connectivity index (χ2v) is 4.51. The first kappa shape index (κ1) is 14.0. The molecule has 0 aliphatic heterocycles. The summed E-state index contributed by atoms with van der Waals surface area (Å²) in [6.45, 7) is 1.96. The van der Waals surface area contributed by atoms with E-state index in [2.05, 4.69) is 4.98 Å². The summed E-state index contributed by atoms with van der Waals surface area (Å²) in [7, 11) is 0. The fourth-order valence-electron chi connectivity index (χ4n) is 1.83. The highest BCUT2D eigenvalue weighted by Crippen LogP contribution is 2.27. The number of carbonyl (C=O) groups excluding carboxylic acids is 2. The molecular formula is C14H15N3O3. The molecule has 0 spiro atoms. The van der Waals surface area contributed by atoms with Gasteiger partial charge in [0.2, 0.25) is 0 Å². The maximum Gasteiger partial charge on any atom is 0.325 e. The molecular weight excluding hydrogens is 258 g/mol. The molecule has 20 heavy (non-hydrogen) atoms. The molecule has 1 heterocycles. The van der Waals surface area contributed by atoms with Gasteiger partial charge in [0.25, 0.3) is 5.91 Å². The van der Waals surface area contributed by atoms with E-state index in [4.69, 9.17) is 10.00 Å². The van der Waals surface area contributed by atoms with E-state index in [0.29, 0.717) is 12.2 Å². The number of nitrogens with zero attached hydrogens (tertiary/aromatic N) is 3. The van der Waals surface area contributed by atoms with Gasteiger partial charge in [-0.1, -0.05) is 0 Å². The van der Waals surface area contributed by atoms with E-state index in [1.165, 1.54) is 23.2 Å². The Kier molecular flexibility index (Phi) is 4.31. The van der Waals surface area contributed by atoms with Gasteiger partial charge in [-0.25, -0.2) is 4.98 Å². The molecule has 0 atom stereocenters. The first-order valence-corrected chi connectivity index (χ1v) is 6.48. The monoisotopic (exact) mass is 273 g/mol. The third-order valence-corrected chi connectivity index (χ3v) is 2.96. The molecule has 0 saturated heterocycles. The first-order chi connectivity index (χ1) is 9.65. The van der Waals surface area contributed by atoms with Gasteiger partial charge in [-0.15, -0.1) is 0 Å². The molecule has 0 unspecified atom stereocenters. The van der Waals surface area contributed by atoms with Crippen molar-refractivity contribution in [2.24, 2.45) is 0 Å². The van der Waals surface area contributed by atoms with E-state index in [1.54, 1.807) is 6.92 Å². The number of amides is 1. The highest BCUT2D eigenvalue weighted by molar-refractivity contribution is 5.94. The molecule has 0 N–H and O–H groups in total. The first-order valence-electron chi connectivity index (χ1n) is 6.48. The van der Waals surface area contributed by atoms with Crippen LogP contribution < -0.4 is 0 Å². The highest BCUT2D eigenvalue weighted by Gasteiger charge is 2.35. The zero-order valence-electron chi connectivity index (χ0n) is 11.2. The third kappa shape index (κ3) is 3.32. The predicted molar refractivity (Wildman–Crippen MR) is 69.6 cm³/mol. The van der Waals surface area contributed by atoms with Gasteiger partial charge in [-0.2, -0.15) is 5.26 Å². The number of esters is 1. The van der Waals surface area contributed by atoms with Gasteiger partial charge in [-0.05, 0) is 31.9 Å². The van der Waals surface area contributed by atoms with Gasteiger partial charge >= 0.3 is 5.97 Å². The van der Waals surface area contributed by atoms with Crippen molar-refractivity contribution in [1.29, 1.82) is 5.26 Å². The number of nitriles is 1. The summed E-state index contributed by atoms with van der Waals surface area (Å²) in [5.41, 5.74) is 0.630. The van der Waals surface area contributed by atoms with Crippen molar-refractivity contribution >= 4 is 11.9 Å². The maximum absolute atomic E-state index is 12.3. The van der Waals surface area contributed by atoms with Crippen LogP contribution in [-0.2, 0) is 9.53 Å². The number of hydrogen-bond acceptors (Lipinski definition) is 5. The fraction of sp³-hybridized carbons (Fsp3) is 0.429. The second kappa shape index (κ2) is 6.15. The molecule has 6 heteroatoms. The molecule has 104 valence electrons. The molecule has 1 aliphatic carbocycles. The number of carbonyl (C=O) groups is 2. The maximum atomic E-state index is 12.3. The number of pyridine rings is 1. The van der Waals surface area contributed by atoms with Crippen molar-refractivity contribution in [2.45, 2.75) is 25.8 Å². The van der Waals surface area contributed by atoms with Crippen LogP contribution in [0.4, 0.5) is 0 Å². The lowest BCUT2D eigenvalue weighted by Crippen LogP contribution is -2.38. The van der Waals surface area contributed by atoms with E-state index in [9.17, 15) is 9.59 Å². The molecule has 1 aromatic rings. The smallest absolute Gasteiger partial charge is 0.325 e. The van der Waals surface area contributed by atoms with Crippen LogP contribution in [0.1, 0.15) is 35.8 Å². The van der Waals surface area contributed by atoms with E-state index >= 15 is 0 Å². The zero-order valence-corrected chi connectivity index (χ0v) is 11.2. The SMILES string of the molecule is CCOC(=O)CN(C(=O)c1ccc(C#N)cn1)C1CC1. The van der Waals surface area contributed by atoms with Crippen LogP contribution in [0.3, 0.4) is 0 Å². The Morgan fingerprint density at radius 2 is 2.25 bits per heavy atom. The van der Waals surface area contributed by atoms with Crippen molar-refractivity contribution in [2.75, 3.05) is 13.2 Å². The topological polar surface area (TPSA) is 83.3 Å². The molecule has 1 amide bonds. The Labute approximate surface area is 117 Å². The Hall–Kier alpha value is -2.42. The summed E-state index contributed by atoms with van der Waals surface area (Å²) in [4.78, 5) is 29.3. The summed E-state index contributed by atoms with van der Waals surface area (Å²) in [6, 6.07) is 5.07. The normalized spacial score (nSPS) is 13.4. The molecule has 1 fully saturated rings. The minimum Gasteiger partial charge on any atom is -0.465 e. The van der Waals surface area contributed by atoms with Crippen molar-refractivity contribution in [3.8, 4) is 6.07 Å². The minimum absolute atomic E-state index is 0.0565. The van der Waals surface area contributed by atoms with Crippen molar-refractivity contribution in [3.63, 3.8) is 0 Å². The van der Waals surface area contributed by atoms with Gasteiger partial charge in [0, 0.05) is 12.2 Å². The summed E-state index contributed by atoms with van der Waals surface area (Å²) >= 11 is 0. The lowest BCUT2D eigenvalue weighted by molar-refractivity contribution is -0.144. The van der Waals surface area contributed by atoms with E-state index < -0.39 is 5.97 Å². The molecule has 0 radical (unpaired) electrons. The Morgan fingerprint density at radius 1 is 1.50 bits per heavy atom. The van der Waals surface area contributed by atoms with Gasteiger partial charge in [0.1, 0.15) is 18.3 Å². The quantitative estimate of drug-likeness (QED) is 0.751. The fourth-order valence-corrected chi connectivity index (χ4v) is 1.83. The summed E-state index contributed by atoms with van der Waals surface area (Å²) in [5, 5.41) is 8.71. The Balaban J connectivity index is 2.10. The minimum atomic E-state index is -0.415. The second-order valence-electron chi connectivity index (χ2n) is 4.51. The average molecular weight is 273 g/mol. The molecule has 1 aromatic heterocycles. The molecule has 0 bridgehead atoms. The summed E-state index contributed by atoms with van der Waals surface area (Å²) in [5.74, 6) is -0.716. The number of aromatic nitrogens is 1. The van der Waals surface area contributed by atoms with Crippen LogP contribution in [0, 0.1) is 11.3 Å². The lowest BCUT2D eigenvalue weighted by atomic mass is 10.2. The van der Waals surface area contributed by atoms with Crippen molar-refractivity contribution in [3.05, 3.63) is 29.6 Å². The van der Waals surface area contributed by atoms with Gasteiger partial charge in [0.05, 0.1) is 12.2 Å². The highest BCUT2D eigenvalue weighted by atomic mass is 16.5. The van der Waals surface area contributed by atoms with E-state index in [1.807, 2.05) is 6.07 Å². The molecule has 2 rings (SSSR count). The Morgan fingerprint density at radius 3 is 2.75 bits per heavy atom. The van der Waals surface area contributed by atoms with Crippen LogP contribution in [0.15, 0.2) is 18.3 Å². The number of ether oxygens (including phenoxy) is 1. The largest absolute Gasteiger partial charge is 0.465 e. The summed E-state index contributed by atoms with van der Waals surface area (Å²) < 4.78 is 4.88. The van der Waals surface area contributed by atoms with Crippen LogP contribution in [0.2, 0.25) is 0 Å². The molecule has 0 aromatic carbocycles. The van der Waals surface area contributed by atoms with Crippen LogP contribution in [0.25, 0.3) is 0 Å². The van der Waals surface area contributed by atoms with Crippen LogP contribution in [-0.4, -0.2) is 41.0 Å². The van der Waals surface area contributed by atoms with Crippen LogP contribution in [0.5, 0.6) is 0 Å². The van der Waals surface area contributed by atoms with Crippen molar-refractivity contribution in [1.82, 2.24) is 9.88 Å². The lowest BCUT2D eigenvalue weighted by Gasteiger charge is -2.20. The van der Waals surface area contributed by atoms with Gasteiger partial charge in [-0.3, -0.25) is 9.59 Å². The molecule has 6 nitrogen and oxygen atoms in total. The zero-order chi connectivity index (χ0) is 14.5. The van der Waals surface area contributed by atoms with Crippen molar-refractivity contribution < 1.29 is 14.3 Å². The van der Waals surface area contributed by atoms with Crippen LogP contribution >= 0.6 is 0 Å². The van der Waals surface area contributed by atoms with Gasteiger partial charge < -0.3 is 9.64 Å². The van der Waals surface area contributed by atoms with E-state index in [-0.39, 0.29) is 24.2 Å².